The van der Waals surface area contributed by atoms with Gasteiger partial charge >= 0.3 is 0 Å². The molecule has 1 atom stereocenters. The van der Waals surface area contributed by atoms with Gasteiger partial charge in [-0.25, -0.2) is 0 Å². The first kappa shape index (κ1) is 13.4. The van der Waals surface area contributed by atoms with Crippen LogP contribution in [0.1, 0.15) is 31.2 Å². The van der Waals surface area contributed by atoms with E-state index in [-0.39, 0.29) is 0 Å². The van der Waals surface area contributed by atoms with Crippen LogP contribution < -0.4 is 10.5 Å². The molecule has 1 aromatic rings. The van der Waals surface area contributed by atoms with Crippen molar-refractivity contribution in [1.82, 2.24) is 0 Å². The highest BCUT2D eigenvalue weighted by atomic mass is 32.2. The lowest BCUT2D eigenvalue weighted by Crippen LogP contribution is -2.10. The number of ether oxygens (including phenoxy) is 1. The fraction of sp³-hybridized carbons (Fsp3) is 0.571. The van der Waals surface area contributed by atoms with E-state index in [9.17, 15) is 4.21 Å². The molecule has 0 spiro atoms. The summed E-state index contributed by atoms with van der Waals surface area (Å²) in [6.07, 6.45) is 5.08. The highest BCUT2D eigenvalue weighted by molar-refractivity contribution is 7.84. The Bertz CT molecular complexity index is 428. The summed E-state index contributed by atoms with van der Waals surface area (Å²) >= 11 is 0. The van der Waals surface area contributed by atoms with Crippen LogP contribution in [-0.2, 0) is 16.6 Å². The second-order valence-corrected chi connectivity index (χ2v) is 6.47. The summed E-state index contributed by atoms with van der Waals surface area (Å²) in [6.45, 7) is 0. The summed E-state index contributed by atoms with van der Waals surface area (Å²) in [7, 11) is 0.823. The highest BCUT2D eigenvalue weighted by Gasteiger charge is 2.18. The van der Waals surface area contributed by atoms with Gasteiger partial charge in [-0.15, -0.1) is 0 Å². The molecule has 0 aromatic heterocycles. The first-order chi connectivity index (χ1) is 8.69. The molecular formula is C14H21NO2S. The van der Waals surface area contributed by atoms with Crippen molar-refractivity contribution in [3.63, 3.8) is 0 Å². The van der Waals surface area contributed by atoms with Gasteiger partial charge in [-0.3, -0.25) is 4.21 Å². The van der Waals surface area contributed by atoms with Gasteiger partial charge in [0.05, 0.1) is 12.9 Å². The van der Waals surface area contributed by atoms with E-state index in [1.54, 1.807) is 13.2 Å². The molecule has 1 unspecified atom stereocenters. The summed E-state index contributed by atoms with van der Waals surface area (Å²) in [4.78, 5) is 0. The van der Waals surface area contributed by atoms with Crippen molar-refractivity contribution in [2.45, 2.75) is 31.4 Å². The van der Waals surface area contributed by atoms with Crippen molar-refractivity contribution < 1.29 is 8.95 Å². The lowest BCUT2D eigenvalue weighted by atomic mass is 10.1. The fourth-order valence-electron chi connectivity index (χ4n) is 2.55. The van der Waals surface area contributed by atoms with E-state index >= 15 is 0 Å². The summed E-state index contributed by atoms with van der Waals surface area (Å²) in [5.41, 5.74) is 7.38. The molecule has 4 heteroatoms. The van der Waals surface area contributed by atoms with Gasteiger partial charge in [0.1, 0.15) is 5.75 Å². The minimum Gasteiger partial charge on any atom is -0.496 e. The summed E-state index contributed by atoms with van der Waals surface area (Å²) in [5.74, 6) is 2.80. The largest absolute Gasteiger partial charge is 0.496 e. The average molecular weight is 267 g/mol. The molecule has 0 amide bonds. The van der Waals surface area contributed by atoms with Crippen LogP contribution in [0.4, 0.5) is 5.69 Å². The fourth-order valence-corrected chi connectivity index (χ4v) is 4.12. The Kier molecular flexibility index (Phi) is 4.64. The van der Waals surface area contributed by atoms with E-state index in [1.165, 1.54) is 25.7 Å². The molecule has 2 rings (SSSR count). The van der Waals surface area contributed by atoms with Crippen molar-refractivity contribution in [1.29, 1.82) is 0 Å². The summed E-state index contributed by atoms with van der Waals surface area (Å²) in [6, 6.07) is 5.55. The third kappa shape index (κ3) is 3.48. The number of nitrogen functional groups attached to an aromatic ring is 1. The van der Waals surface area contributed by atoms with Crippen LogP contribution in [0.25, 0.3) is 0 Å². The molecule has 18 heavy (non-hydrogen) atoms. The predicted octanol–water partition coefficient (Wildman–Crippen LogP) is 2.72. The first-order valence-electron chi connectivity index (χ1n) is 6.46. The van der Waals surface area contributed by atoms with Crippen molar-refractivity contribution in [2.75, 3.05) is 18.6 Å². The molecular weight excluding hydrogens is 246 g/mol. The quantitative estimate of drug-likeness (QED) is 0.835. The maximum atomic E-state index is 12.1. The molecule has 0 aliphatic heterocycles. The second-order valence-electron chi connectivity index (χ2n) is 4.97. The zero-order valence-electron chi connectivity index (χ0n) is 10.9. The van der Waals surface area contributed by atoms with Crippen LogP contribution in [0, 0.1) is 5.92 Å². The first-order valence-corrected chi connectivity index (χ1v) is 7.95. The molecule has 1 aliphatic carbocycles. The van der Waals surface area contributed by atoms with E-state index in [1.807, 2.05) is 12.1 Å². The average Bonchev–Trinajstić information content (AvgIpc) is 2.84. The molecule has 1 aliphatic rings. The lowest BCUT2D eigenvalue weighted by molar-refractivity contribution is 0.411. The molecule has 1 fully saturated rings. The van der Waals surface area contributed by atoms with Gasteiger partial charge in [0.25, 0.3) is 0 Å². The van der Waals surface area contributed by atoms with Gasteiger partial charge in [0, 0.05) is 33.9 Å². The van der Waals surface area contributed by atoms with Crippen molar-refractivity contribution in [2.24, 2.45) is 5.92 Å². The maximum absolute atomic E-state index is 12.1. The van der Waals surface area contributed by atoms with Crippen LogP contribution in [0.2, 0.25) is 0 Å². The third-order valence-electron chi connectivity index (χ3n) is 3.52. The number of nitrogens with two attached hydrogens (primary N) is 1. The Morgan fingerprint density at radius 1 is 1.39 bits per heavy atom. The highest BCUT2D eigenvalue weighted by Crippen LogP contribution is 2.27. The van der Waals surface area contributed by atoms with Crippen LogP contribution in [0.3, 0.4) is 0 Å². The van der Waals surface area contributed by atoms with E-state index in [0.29, 0.717) is 17.4 Å². The van der Waals surface area contributed by atoms with Crippen molar-refractivity contribution in [3.05, 3.63) is 23.8 Å². The zero-order chi connectivity index (χ0) is 13.0. The standard InChI is InChI=1S/C14H21NO2S/c1-17-14-8-13(15)7-6-12(14)10-18(16)9-11-4-2-3-5-11/h6-8,11H,2-5,9-10,15H2,1H3. The van der Waals surface area contributed by atoms with Gasteiger partial charge < -0.3 is 10.5 Å². The van der Waals surface area contributed by atoms with E-state index in [2.05, 4.69) is 0 Å². The third-order valence-corrected chi connectivity index (χ3v) is 5.00. The maximum Gasteiger partial charge on any atom is 0.125 e. The number of benzene rings is 1. The molecule has 1 aromatic carbocycles. The van der Waals surface area contributed by atoms with Crippen LogP contribution in [0.5, 0.6) is 5.75 Å². The monoisotopic (exact) mass is 267 g/mol. The van der Waals surface area contributed by atoms with Gasteiger partial charge in [0.15, 0.2) is 0 Å². The second kappa shape index (κ2) is 6.23. The smallest absolute Gasteiger partial charge is 0.125 e. The lowest BCUT2D eigenvalue weighted by Gasteiger charge is -2.11. The molecule has 2 N–H and O–H groups in total. The van der Waals surface area contributed by atoms with E-state index in [4.69, 9.17) is 10.5 Å². The van der Waals surface area contributed by atoms with Crippen molar-refractivity contribution in [3.8, 4) is 5.75 Å². The van der Waals surface area contributed by atoms with Gasteiger partial charge in [-0.2, -0.15) is 0 Å². The number of hydrogen-bond donors (Lipinski definition) is 1. The summed E-state index contributed by atoms with van der Waals surface area (Å²) < 4.78 is 17.4. The molecule has 0 saturated heterocycles. The van der Waals surface area contributed by atoms with Crippen LogP contribution in [-0.4, -0.2) is 17.1 Å². The van der Waals surface area contributed by atoms with Gasteiger partial charge in [-0.05, 0) is 24.8 Å². The Balaban J connectivity index is 1.97. The molecule has 0 bridgehead atoms. The molecule has 100 valence electrons. The van der Waals surface area contributed by atoms with Crippen LogP contribution in [0.15, 0.2) is 18.2 Å². The number of rotatable bonds is 5. The molecule has 0 heterocycles. The van der Waals surface area contributed by atoms with Crippen molar-refractivity contribution >= 4 is 16.5 Å². The summed E-state index contributed by atoms with van der Waals surface area (Å²) in [5, 5.41) is 0. The Hall–Kier alpha value is -1.03. The Morgan fingerprint density at radius 2 is 2.11 bits per heavy atom. The Morgan fingerprint density at radius 3 is 2.78 bits per heavy atom. The number of hydrogen-bond acceptors (Lipinski definition) is 3. The molecule has 3 nitrogen and oxygen atoms in total. The Labute approximate surface area is 111 Å². The van der Waals surface area contributed by atoms with E-state index < -0.39 is 10.8 Å². The number of anilines is 1. The minimum absolute atomic E-state index is 0.569. The SMILES string of the molecule is COc1cc(N)ccc1CS(=O)CC1CCCC1. The predicted molar refractivity (Wildman–Crippen MR) is 76.1 cm³/mol. The topological polar surface area (TPSA) is 52.3 Å². The normalized spacial score (nSPS) is 17.8. The minimum atomic E-state index is -0.800. The molecule has 0 radical (unpaired) electrons. The van der Waals surface area contributed by atoms with Crippen LogP contribution >= 0.6 is 0 Å². The zero-order valence-corrected chi connectivity index (χ0v) is 11.7. The number of methoxy groups -OCH3 is 1. The van der Waals surface area contributed by atoms with E-state index in [0.717, 1.165) is 17.1 Å². The van der Waals surface area contributed by atoms with Gasteiger partial charge in [0.2, 0.25) is 0 Å². The van der Waals surface area contributed by atoms with Gasteiger partial charge in [-0.1, -0.05) is 18.9 Å². The molecule has 1 saturated carbocycles.